The summed E-state index contributed by atoms with van der Waals surface area (Å²) in [6.07, 6.45) is 1.03. The quantitative estimate of drug-likeness (QED) is 0.590. The van der Waals surface area contributed by atoms with Crippen LogP contribution in [0.5, 0.6) is 0 Å². The van der Waals surface area contributed by atoms with Gasteiger partial charge in [-0.2, -0.15) is 0 Å². The van der Waals surface area contributed by atoms with E-state index < -0.39 is 16.7 Å². The highest BCUT2D eigenvalue weighted by Gasteiger charge is 2.19. The molecule has 7 heteroatoms. The number of amides is 1. The Hall–Kier alpha value is -1.89. The number of furan rings is 1. The highest BCUT2D eigenvalue weighted by Crippen LogP contribution is 2.15. The maximum atomic E-state index is 11.6. The number of nitrogens with one attached hydrogen (secondary N) is 2. The van der Waals surface area contributed by atoms with Crippen molar-refractivity contribution in [3.63, 3.8) is 0 Å². The highest BCUT2D eigenvalue weighted by molar-refractivity contribution is 5.91. The van der Waals surface area contributed by atoms with Crippen molar-refractivity contribution in [3.8, 4) is 0 Å². The molecule has 1 unspecified atom stereocenters. The fourth-order valence-electron chi connectivity index (χ4n) is 1.76. The molecule has 17 heavy (non-hydrogen) atoms. The predicted molar refractivity (Wildman–Crippen MR) is 58.7 cm³/mol. The van der Waals surface area contributed by atoms with Crippen LogP contribution in [0, 0.1) is 16.0 Å². The third kappa shape index (κ3) is 2.82. The molecule has 2 N–H and O–H groups in total. The lowest BCUT2D eigenvalue weighted by Gasteiger charge is -2.08. The van der Waals surface area contributed by atoms with Gasteiger partial charge in [0.15, 0.2) is 5.76 Å². The van der Waals surface area contributed by atoms with Gasteiger partial charge in [-0.05, 0) is 31.5 Å². The van der Waals surface area contributed by atoms with Crippen molar-refractivity contribution < 1.29 is 14.1 Å². The molecule has 1 aromatic heterocycles. The van der Waals surface area contributed by atoms with Crippen molar-refractivity contribution >= 4 is 11.8 Å². The van der Waals surface area contributed by atoms with Crippen LogP contribution < -0.4 is 10.6 Å². The van der Waals surface area contributed by atoms with E-state index in [1.165, 1.54) is 12.1 Å². The third-order valence-electron chi connectivity index (χ3n) is 2.71. The first-order chi connectivity index (χ1) is 8.16. The van der Waals surface area contributed by atoms with Gasteiger partial charge in [0.25, 0.3) is 5.91 Å². The van der Waals surface area contributed by atoms with E-state index in [4.69, 9.17) is 4.42 Å². The molecule has 0 saturated carbocycles. The summed E-state index contributed by atoms with van der Waals surface area (Å²) in [4.78, 5) is 21.3. The summed E-state index contributed by atoms with van der Waals surface area (Å²) in [7, 11) is 0. The van der Waals surface area contributed by atoms with Crippen molar-refractivity contribution in [1.29, 1.82) is 0 Å². The fraction of sp³-hybridized carbons (Fsp3) is 0.500. The molecule has 0 aromatic carbocycles. The second-order valence-electron chi connectivity index (χ2n) is 3.96. The average molecular weight is 239 g/mol. The molecule has 0 spiro atoms. The summed E-state index contributed by atoms with van der Waals surface area (Å²) in [5.41, 5.74) is 0. The van der Waals surface area contributed by atoms with Gasteiger partial charge in [-0.1, -0.05) is 0 Å². The number of rotatable bonds is 4. The molecule has 1 amide bonds. The maximum Gasteiger partial charge on any atom is 0.433 e. The number of nitro groups is 1. The van der Waals surface area contributed by atoms with E-state index in [1.807, 2.05) is 0 Å². The molecule has 7 nitrogen and oxygen atoms in total. The average Bonchev–Trinajstić information content (AvgIpc) is 2.96. The molecular formula is C10H13N3O4. The Morgan fingerprint density at radius 2 is 2.47 bits per heavy atom. The van der Waals surface area contributed by atoms with Gasteiger partial charge in [0.1, 0.15) is 4.92 Å². The van der Waals surface area contributed by atoms with Gasteiger partial charge in [-0.15, -0.1) is 0 Å². The monoisotopic (exact) mass is 239 g/mol. The van der Waals surface area contributed by atoms with Gasteiger partial charge in [0, 0.05) is 6.54 Å². The Morgan fingerprint density at radius 3 is 3.06 bits per heavy atom. The lowest BCUT2D eigenvalue weighted by atomic mass is 10.1. The van der Waals surface area contributed by atoms with E-state index in [9.17, 15) is 14.9 Å². The van der Waals surface area contributed by atoms with Crippen LogP contribution in [-0.4, -0.2) is 30.5 Å². The molecule has 1 fully saturated rings. The molecule has 92 valence electrons. The van der Waals surface area contributed by atoms with E-state index in [1.54, 1.807) is 0 Å². The molecule has 0 radical (unpaired) electrons. The second-order valence-corrected chi connectivity index (χ2v) is 3.96. The van der Waals surface area contributed by atoms with Gasteiger partial charge in [-0.3, -0.25) is 14.9 Å². The minimum Gasteiger partial charge on any atom is -0.395 e. The Balaban J connectivity index is 1.87. The summed E-state index contributed by atoms with van der Waals surface area (Å²) in [6, 6.07) is 2.48. The van der Waals surface area contributed by atoms with Crippen LogP contribution >= 0.6 is 0 Å². The Kier molecular flexibility index (Phi) is 3.38. The summed E-state index contributed by atoms with van der Waals surface area (Å²) >= 11 is 0. The Labute approximate surface area is 97.3 Å². The Morgan fingerprint density at radius 1 is 1.65 bits per heavy atom. The zero-order valence-electron chi connectivity index (χ0n) is 9.14. The molecule has 0 aliphatic carbocycles. The first kappa shape index (κ1) is 11.6. The molecule has 1 aliphatic rings. The summed E-state index contributed by atoms with van der Waals surface area (Å²) in [5.74, 6) is -0.436. The topological polar surface area (TPSA) is 97.4 Å². The van der Waals surface area contributed by atoms with Crippen molar-refractivity contribution in [2.24, 2.45) is 5.92 Å². The molecule has 1 aromatic rings. The normalized spacial score (nSPS) is 19.2. The minimum atomic E-state index is -0.669. The predicted octanol–water partition coefficient (Wildman–Crippen LogP) is 0.527. The molecule has 2 rings (SSSR count). The van der Waals surface area contributed by atoms with Crippen molar-refractivity contribution in [2.75, 3.05) is 19.6 Å². The molecule has 1 aliphatic heterocycles. The molecule has 2 heterocycles. The van der Waals surface area contributed by atoms with Crippen molar-refractivity contribution in [2.45, 2.75) is 6.42 Å². The highest BCUT2D eigenvalue weighted by atomic mass is 16.6. The van der Waals surface area contributed by atoms with Crippen LogP contribution in [0.2, 0.25) is 0 Å². The smallest absolute Gasteiger partial charge is 0.395 e. The number of carbonyl (C=O) groups excluding carboxylic acids is 1. The van der Waals surface area contributed by atoms with Crippen LogP contribution in [0.3, 0.4) is 0 Å². The van der Waals surface area contributed by atoms with Crippen molar-refractivity contribution in [1.82, 2.24) is 10.6 Å². The van der Waals surface area contributed by atoms with Gasteiger partial charge in [0.2, 0.25) is 0 Å². The van der Waals surface area contributed by atoms with Gasteiger partial charge in [-0.25, -0.2) is 0 Å². The molecule has 1 atom stereocenters. The number of hydrogen-bond acceptors (Lipinski definition) is 5. The first-order valence-electron chi connectivity index (χ1n) is 5.40. The molecular weight excluding hydrogens is 226 g/mol. The number of hydrogen-bond donors (Lipinski definition) is 2. The van der Waals surface area contributed by atoms with E-state index >= 15 is 0 Å². The fourth-order valence-corrected chi connectivity index (χ4v) is 1.76. The number of nitrogens with zero attached hydrogens (tertiary/aromatic N) is 1. The minimum absolute atomic E-state index is 0.0253. The van der Waals surface area contributed by atoms with Crippen LogP contribution in [0.4, 0.5) is 5.88 Å². The standard InChI is InChI=1S/C10H13N3O4/c14-10(12-6-7-3-4-11-5-7)8-1-2-9(17-8)13(15)16/h1-2,7,11H,3-6H2,(H,12,14). The third-order valence-corrected chi connectivity index (χ3v) is 2.71. The van der Waals surface area contributed by atoms with Crippen LogP contribution in [0.25, 0.3) is 0 Å². The summed E-state index contributed by atoms with van der Waals surface area (Å²) < 4.78 is 4.80. The van der Waals surface area contributed by atoms with Gasteiger partial charge in [0.05, 0.1) is 6.07 Å². The second kappa shape index (κ2) is 4.96. The van der Waals surface area contributed by atoms with E-state index in [0.29, 0.717) is 12.5 Å². The van der Waals surface area contributed by atoms with Crippen LogP contribution in [0.15, 0.2) is 16.5 Å². The molecule has 1 saturated heterocycles. The summed E-state index contributed by atoms with van der Waals surface area (Å²) in [5, 5.41) is 16.3. The lowest BCUT2D eigenvalue weighted by Crippen LogP contribution is -2.29. The number of carbonyl (C=O) groups is 1. The largest absolute Gasteiger partial charge is 0.433 e. The van der Waals surface area contributed by atoms with Crippen molar-refractivity contribution in [3.05, 3.63) is 28.0 Å². The SMILES string of the molecule is O=C(NCC1CCNC1)c1ccc([N+](=O)[O-])o1. The lowest BCUT2D eigenvalue weighted by molar-refractivity contribution is -0.402. The van der Waals surface area contributed by atoms with Gasteiger partial charge >= 0.3 is 5.88 Å². The first-order valence-corrected chi connectivity index (χ1v) is 5.40. The maximum absolute atomic E-state index is 11.6. The van der Waals surface area contributed by atoms with E-state index in [2.05, 4.69) is 10.6 Å². The zero-order valence-corrected chi connectivity index (χ0v) is 9.14. The van der Waals surface area contributed by atoms with E-state index in [-0.39, 0.29) is 5.76 Å². The summed E-state index contributed by atoms with van der Waals surface area (Å²) in [6.45, 7) is 2.41. The van der Waals surface area contributed by atoms with E-state index in [0.717, 1.165) is 19.5 Å². The van der Waals surface area contributed by atoms with Crippen LogP contribution in [-0.2, 0) is 0 Å². The molecule has 0 bridgehead atoms. The zero-order chi connectivity index (χ0) is 12.3. The van der Waals surface area contributed by atoms with Gasteiger partial charge < -0.3 is 15.1 Å². The Bertz CT molecular complexity index is 423. The van der Waals surface area contributed by atoms with Crippen LogP contribution in [0.1, 0.15) is 17.0 Å².